The number of ketones is 1. The third kappa shape index (κ3) is 4.29. The number of hydrogen-bond acceptors (Lipinski definition) is 5. The van der Waals surface area contributed by atoms with E-state index in [2.05, 4.69) is 5.32 Å². The molecular formula is C25H27NO5. The molecule has 0 saturated heterocycles. The largest absolute Gasteiger partial charge is 0.504 e. The Morgan fingerprint density at radius 1 is 0.935 bits per heavy atom. The highest BCUT2D eigenvalue weighted by atomic mass is 16.5. The summed E-state index contributed by atoms with van der Waals surface area (Å²) in [4.78, 5) is 25.7. The topological polar surface area (TPSA) is 84.9 Å². The summed E-state index contributed by atoms with van der Waals surface area (Å²) >= 11 is 0. The van der Waals surface area contributed by atoms with Crippen LogP contribution in [-0.2, 0) is 9.59 Å². The monoisotopic (exact) mass is 421 g/mol. The molecule has 2 atom stereocenters. The number of amides is 1. The van der Waals surface area contributed by atoms with E-state index in [4.69, 9.17) is 9.47 Å². The van der Waals surface area contributed by atoms with Gasteiger partial charge in [0.25, 0.3) is 0 Å². The molecule has 1 heterocycles. The van der Waals surface area contributed by atoms with E-state index in [9.17, 15) is 14.7 Å². The first-order valence-electron chi connectivity index (χ1n) is 10.7. The van der Waals surface area contributed by atoms with Crippen molar-refractivity contribution in [2.45, 2.75) is 44.9 Å². The zero-order valence-electron chi connectivity index (χ0n) is 17.8. The van der Waals surface area contributed by atoms with Crippen molar-refractivity contribution < 1.29 is 24.2 Å². The number of benzene rings is 2. The predicted molar refractivity (Wildman–Crippen MR) is 116 cm³/mol. The van der Waals surface area contributed by atoms with Crippen LogP contribution in [0.15, 0.2) is 53.7 Å². The van der Waals surface area contributed by atoms with Crippen molar-refractivity contribution in [2.75, 3.05) is 13.2 Å². The summed E-state index contributed by atoms with van der Waals surface area (Å²) < 4.78 is 11.0. The fourth-order valence-electron chi connectivity index (χ4n) is 4.50. The van der Waals surface area contributed by atoms with E-state index in [0.29, 0.717) is 43.1 Å². The number of nitrogens with one attached hydrogen (secondary N) is 1. The van der Waals surface area contributed by atoms with Crippen molar-refractivity contribution in [3.05, 3.63) is 64.9 Å². The van der Waals surface area contributed by atoms with E-state index < -0.39 is 0 Å². The molecule has 4 rings (SSSR count). The van der Waals surface area contributed by atoms with Gasteiger partial charge in [0.05, 0.1) is 13.2 Å². The van der Waals surface area contributed by atoms with Gasteiger partial charge in [-0.2, -0.15) is 0 Å². The van der Waals surface area contributed by atoms with E-state index in [1.165, 1.54) is 0 Å². The zero-order chi connectivity index (χ0) is 22.0. The third-order valence-electron chi connectivity index (χ3n) is 5.88. The number of hydrogen-bond donors (Lipinski definition) is 2. The Labute approximate surface area is 181 Å². The molecule has 0 saturated carbocycles. The predicted octanol–water partition coefficient (Wildman–Crippen LogP) is 4.19. The van der Waals surface area contributed by atoms with Crippen LogP contribution < -0.4 is 14.8 Å². The minimum atomic E-state index is -0.336. The summed E-state index contributed by atoms with van der Waals surface area (Å²) in [5, 5.41) is 13.0. The van der Waals surface area contributed by atoms with Crippen LogP contribution in [0.5, 0.6) is 17.2 Å². The normalized spacial score (nSPS) is 20.8. The molecule has 0 spiro atoms. The van der Waals surface area contributed by atoms with Crippen LogP contribution in [0.4, 0.5) is 0 Å². The Kier molecular flexibility index (Phi) is 5.98. The first kappa shape index (κ1) is 21.0. The molecular weight excluding hydrogens is 394 g/mol. The average molecular weight is 421 g/mol. The summed E-state index contributed by atoms with van der Waals surface area (Å²) in [6.07, 6.45) is 1.21. The number of phenols is 1. The first-order valence-corrected chi connectivity index (χ1v) is 10.7. The third-order valence-corrected chi connectivity index (χ3v) is 5.88. The van der Waals surface area contributed by atoms with Gasteiger partial charge in [0, 0.05) is 30.0 Å². The molecule has 31 heavy (non-hydrogen) atoms. The molecule has 0 bridgehead atoms. The molecule has 1 amide bonds. The minimum absolute atomic E-state index is 0.0137. The molecule has 2 N–H and O–H groups in total. The smallest absolute Gasteiger partial charge is 0.225 e. The van der Waals surface area contributed by atoms with E-state index in [1.807, 2.05) is 38.1 Å². The Hall–Kier alpha value is -3.28. The molecule has 2 aliphatic rings. The number of aromatic hydroxyl groups is 1. The van der Waals surface area contributed by atoms with Crippen molar-refractivity contribution >= 4 is 11.7 Å². The molecule has 2 aromatic carbocycles. The quantitative estimate of drug-likeness (QED) is 0.730. The van der Waals surface area contributed by atoms with Crippen LogP contribution in [0.1, 0.15) is 56.1 Å². The van der Waals surface area contributed by atoms with E-state index in [-0.39, 0.29) is 35.7 Å². The van der Waals surface area contributed by atoms with Gasteiger partial charge in [0.15, 0.2) is 17.3 Å². The van der Waals surface area contributed by atoms with Gasteiger partial charge in [-0.3, -0.25) is 9.59 Å². The molecule has 0 aromatic heterocycles. The SMILES string of the molecule is CCOc1ccc(C2CC(=O)C3=C(C2)NC(=O)CC3c2ccc(O)c(OCC)c2)cc1. The number of phenolic OH excluding ortho intramolecular Hbond substituents is 1. The van der Waals surface area contributed by atoms with Crippen LogP contribution >= 0.6 is 0 Å². The van der Waals surface area contributed by atoms with Gasteiger partial charge in [-0.1, -0.05) is 18.2 Å². The molecule has 2 unspecified atom stereocenters. The summed E-state index contributed by atoms with van der Waals surface area (Å²) in [6, 6.07) is 12.9. The maximum absolute atomic E-state index is 13.2. The van der Waals surface area contributed by atoms with Gasteiger partial charge in [0.2, 0.25) is 5.91 Å². The van der Waals surface area contributed by atoms with Crippen LogP contribution in [-0.4, -0.2) is 30.0 Å². The molecule has 1 aliphatic carbocycles. The van der Waals surface area contributed by atoms with Gasteiger partial charge < -0.3 is 19.9 Å². The molecule has 6 nitrogen and oxygen atoms in total. The highest BCUT2D eigenvalue weighted by molar-refractivity contribution is 6.02. The van der Waals surface area contributed by atoms with Gasteiger partial charge in [-0.25, -0.2) is 0 Å². The van der Waals surface area contributed by atoms with Crippen molar-refractivity contribution in [2.24, 2.45) is 0 Å². The standard InChI is InChI=1S/C25H27NO5/c1-3-30-18-8-5-15(6-9-18)17-11-20-25(22(28)12-17)19(14-24(29)26-20)16-7-10-21(27)23(13-16)31-4-2/h5-10,13,17,19,27H,3-4,11-12,14H2,1-2H3,(H,26,29). The van der Waals surface area contributed by atoms with Gasteiger partial charge in [0.1, 0.15) is 5.75 Å². The van der Waals surface area contributed by atoms with Crippen molar-refractivity contribution in [3.63, 3.8) is 0 Å². The highest BCUT2D eigenvalue weighted by Gasteiger charge is 2.38. The molecule has 162 valence electrons. The molecule has 0 fully saturated rings. The number of carbonyl (C=O) groups excluding carboxylic acids is 2. The number of carbonyl (C=O) groups is 2. The second-order valence-corrected chi connectivity index (χ2v) is 7.89. The average Bonchev–Trinajstić information content (AvgIpc) is 2.75. The number of Topliss-reactive ketones (excluding diaryl/α,β-unsaturated/α-hetero) is 1. The zero-order valence-corrected chi connectivity index (χ0v) is 17.8. The Balaban J connectivity index is 1.65. The Bertz CT molecular complexity index is 1020. The summed E-state index contributed by atoms with van der Waals surface area (Å²) in [7, 11) is 0. The first-order chi connectivity index (χ1) is 15.0. The fraction of sp³-hybridized carbons (Fsp3) is 0.360. The fourth-order valence-corrected chi connectivity index (χ4v) is 4.50. The van der Waals surface area contributed by atoms with Gasteiger partial charge in [-0.15, -0.1) is 0 Å². The Morgan fingerprint density at radius 3 is 2.35 bits per heavy atom. The molecule has 0 radical (unpaired) electrons. The summed E-state index contributed by atoms with van der Waals surface area (Å²) in [5.41, 5.74) is 3.25. The minimum Gasteiger partial charge on any atom is -0.504 e. The number of allylic oxidation sites excluding steroid dienone is 2. The van der Waals surface area contributed by atoms with Crippen molar-refractivity contribution in [3.8, 4) is 17.2 Å². The second-order valence-electron chi connectivity index (χ2n) is 7.89. The van der Waals surface area contributed by atoms with Crippen molar-refractivity contribution in [1.82, 2.24) is 5.32 Å². The molecule has 2 aromatic rings. The van der Waals surface area contributed by atoms with Crippen LogP contribution in [0, 0.1) is 0 Å². The highest BCUT2D eigenvalue weighted by Crippen LogP contribution is 2.44. The van der Waals surface area contributed by atoms with Crippen LogP contribution in [0.25, 0.3) is 0 Å². The lowest BCUT2D eigenvalue weighted by atomic mass is 9.73. The molecule has 1 aliphatic heterocycles. The van der Waals surface area contributed by atoms with E-state index in [1.54, 1.807) is 18.2 Å². The van der Waals surface area contributed by atoms with Crippen LogP contribution in [0.2, 0.25) is 0 Å². The lowest BCUT2D eigenvalue weighted by molar-refractivity contribution is -0.122. The van der Waals surface area contributed by atoms with Crippen molar-refractivity contribution in [1.29, 1.82) is 0 Å². The van der Waals surface area contributed by atoms with Gasteiger partial charge >= 0.3 is 0 Å². The van der Waals surface area contributed by atoms with Crippen LogP contribution in [0.3, 0.4) is 0 Å². The van der Waals surface area contributed by atoms with Gasteiger partial charge in [-0.05, 0) is 61.6 Å². The maximum Gasteiger partial charge on any atom is 0.225 e. The van der Waals surface area contributed by atoms with E-state index >= 15 is 0 Å². The maximum atomic E-state index is 13.2. The summed E-state index contributed by atoms with van der Waals surface area (Å²) in [5.74, 6) is 0.842. The lowest BCUT2D eigenvalue weighted by Gasteiger charge is -2.34. The summed E-state index contributed by atoms with van der Waals surface area (Å²) in [6.45, 7) is 4.80. The number of rotatable bonds is 6. The Morgan fingerprint density at radius 2 is 1.65 bits per heavy atom. The number of ether oxygens (including phenoxy) is 2. The lowest BCUT2D eigenvalue weighted by Crippen LogP contribution is -2.38. The second kappa shape index (κ2) is 8.84. The van der Waals surface area contributed by atoms with E-state index in [0.717, 1.165) is 16.9 Å². The molecule has 6 heteroatoms.